The van der Waals surface area contributed by atoms with Crippen molar-refractivity contribution in [3.63, 3.8) is 0 Å². The molecular formula is C10H15N3O. The predicted octanol–water partition coefficient (Wildman–Crippen LogP) is 1.09. The molecular weight excluding hydrogens is 178 g/mol. The Hall–Kier alpha value is -0.900. The number of nitrogens with zero attached hydrogens (tertiary/aromatic N) is 2. The maximum absolute atomic E-state index is 5.23. The second-order valence-corrected chi connectivity index (χ2v) is 4.53. The molecule has 2 heterocycles. The van der Waals surface area contributed by atoms with Crippen molar-refractivity contribution in [1.82, 2.24) is 15.5 Å². The van der Waals surface area contributed by atoms with Gasteiger partial charge >= 0.3 is 0 Å². The molecule has 0 bridgehead atoms. The third-order valence-electron chi connectivity index (χ3n) is 3.55. The maximum atomic E-state index is 5.23. The number of hydrogen-bond acceptors (Lipinski definition) is 4. The zero-order chi connectivity index (χ0) is 9.54. The molecule has 2 fully saturated rings. The van der Waals surface area contributed by atoms with Gasteiger partial charge in [0.05, 0.1) is 0 Å². The van der Waals surface area contributed by atoms with Gasteiger partial charge < -0.3 is 9.84 Å². The molecule has 1 saturated carbocycles. The quantitative estimate of drug-likeness (QED) is 0.725. The van der Waals surface area contributed by atoms with Crippen molar-refractivity contribution in [2.75, 3.05) is 13.1 Å². The van der Waals surface area contributed by atoms with Crippen LogP contribution < -0.4 is 5.32 Å². The molecule has 4 nitrogen and oxygen atoms in total. The lowest BCUT2D eigenvalue weighted by Gasteiger charge is -2.04. The summed E-state index contributed by atoms with van der Waals surface area (Å²) in [4.78, 5) is 4.32. The minimum absolute atomic E-state index is 0.522. The van der Waals surface area contributed by atoms with Crippen molar-refractivity contribution < 1.29 is 4.52 Å². The average Bonchev–Trinajstić information content (AvgIpc) is 2.75. The molecule has 1 saturated heterocycles. The summed E-state index contributed by atoms with van der Waals surface area (Å²) in [6, 6.07) is 0. The van der Waals surface area contributed by atoms with Gasteiger partial charge in [-0.25, -0.2) is 0 Å². The number of fused-ring (bicyclic) bond motifs is 1. The Morgan fingerprint density at radius 2 is 2.00 bits per heavy atom. The van der Waals surface area contributed by atoms with Crippen molar-refractivity contribution in [1.29, 1.82) is 0 Å². The van der Waals surface area contributed by atoms with Gasteiger partial charge in [-0.2, -0.15) is 4.98 Å². The first-order chi connectivity index (χ1) is 6.83. The van der Waals surface area contributed by atoms with E-state index in [-0.39, 0.29) is 0 Å². The minimum Gasteiger partial charge on any atom is -0.339 e. The van der Waals surface area contributed by atoms with Gasteiger partial charge in [-0.05, 0) is 44.7 Å². The summed E-state index contributed by atoms with van der Waals surface area (Å²) in [6.45, 7) is 4.23. The minimum atomic E-state index is 0.522. The van der Waals surface area contributed by atoms with Crippen molar-refractivity contribution in [2.24, 2.45) is 11.8 Å². The SMILES string of the molecule is Cc1noc(C2CC3CNCC3C2)n1. The van der Waals surface area contributed by atoms with Crippen LogP contribution >= 0.6 is 0 Å². The topological polar surface area (TPSA) is 51.0 Å². The van der Waals surface area contributed by atoms with Crippen LogP contribution in [0.3, 0.4) is 0 Å². The van der Waals surface area contributed by atoms with Gasteiger partial charge in [-0.15, -0.1) is 0 Å². The maximum Gasteiger partial charge on any atom is 0.229 e. The summed E-state index contributed by atoms with van der Waals surface area (Å²) in [5, 5.41) is 7.29. The first-order valence-corrected chi connectivity index (χ1v) is 5.34. The van der Waals surface area contributed by atoms with Crippen LogP contribution in [-0.2, 0) is 0 Å². The van der Waals surface area contributed by atoms with E-state index >= 15 is 0 Å². The van der Waals surface area contributed by atoms with Gasteiger partial charge in [0.2, 0.25) is 5.89 Å². The lowest BCUT2D eigenvalue weighted by molar-refractivity contribution is 0.345. The van der Waals surface area contributed by atoms with E-state index in [1.54, 1.807) is 0 Å². The number of aryl methyl sites for hydroxylation is 1. The third kappa shape index (κ3) is 1.25. The van der Waals surface area contributed by atoms with Crippen LogP contribution in [0.1, 0.15) is 30.5 Å². The first kappa shape index (κ1) is 8.41. The molecule has 0 aromatic carbocycles. The second kappa shape index (κ2) is 3.05. The Bertz CT molecular complexity index is 324. The molecule has 2 aliphatic rings. The molecule has 2 unspecified atom stereocenters. The van der Waals surface area contributed by atoms with Gasteiger partial charge in [0.25, 0.3) is 0 Å². The van der Waals surface area contributed by atoms with Crippen LogP contribution in [-0.4, -0.2) is 23.2 Å². The second-order valence-electron chi connectivity index (χ2n) is 4.53. The summed E-state index contributed by atoms with van der Waals surface area (Å²) >= 11 is 0. The van der Waals surface area contributed by atoms with E-state index in [0.717, 1.165) is 23.6 Å². The Kier molecular flexibility index (Phi) is 1.83. The Morgan fingerprint density at radius 3 is 2.57 bits per heavy atom. The molecule has 76 valence electrons. The highest BCUT2D eigenvalue weighted by molar-refractivity contribution is 5.02. The van der Waals surface area contributed by atoms with E-state index in [9.17, 15) is 0 Å². The monoisotopic (exact) mass is 193 g/mol. The molecule has 4 heteroatoms. The summed E-state index contributed by atoms with van der Waals surface area (Å²) in [7, 11) is 0. The van der Waals surface area contributed by atoms with Crippen molar-refractivity contribution in [2.45, 2.75) is 25.7 Å². The molecule has 2 atom stereocenters. The van der Waals surface area contributed by atoms with E-state index in [1.807, 2.05) is 6.92 Å². The van der Waals surface area contributed by atoms with E-state index in [1.165, 1.54) is 25.9 Å². The number of aromatic nitrogens is 2. The van der Waals surface area contributed by atoms with Gasteiger partial charge in [-0.3, -0.25) is 0 Å². The fourth-order valence-corrected chi connectivity index (χ4v) is 2.85. The largest absolute Gasteiger partial charge is 0.339 e. The molecule has 3 rings (SSSR count). The molecule has 14 heavy (non-hydrogen) atoms. The van der Waals surface area contributed by atoms with E-state index in [2.05, 4.69) is 15.5 Å². The van der Waals surface area contributed by atoms with Gasteiger partial charge in [-0.1, -0.05) is 5.16 Å². The van der Waals surface area contributed by atoms with Crippen LogP contribution in [0, 0.1) is 18.8 Å². The van der Waals surface area contributed by atoms with Gasteiger partial charge in [0.15, 0.2) is 5.82 Å². The first-order valence-electron chi connectivity index (χ1n) is 5.34. The van der Waals surface area contributed by atoms with Crippen LogP contribution in [0.15, 0.2) is 4.52 Å². The normalized spacial score (nSPS) is 36.2. The number of hydrogen-bond donors (Lipinski definition) is 1. The van der Waals surface area contributed by atoms with Crippen LogP contribution in [0.2, 0.25) is 0 Å². The fourth-order valence-electron chi connectivity index (χ4n) is 2.85. The standard InChI is InChI=1S/C10H15N3O/c1-6-12-10(14-13-6)7-2-8-4-11-5-9(8)3-7/h7-9,11H,2-5H2,1H3. The summed E-state index contributed by atoms with van der Waals surface area (Å²) in [5.41, 5.74) is 0. The molecule has 0 spiro atoms. The summed E-state index contributed by atoms with van der Waals surface area (Å²) in [5.74, 6) is 3.82. The smallest absolute Gasteiger partial charge is 0.229 e. The molecule has 1 N–H and O–H groups in total. The number of rotatable bonds is 1. The highest BCUT2D eigenvalue weighted by Crippen LogP contribution is 2.43. The average molecular weight is 193 g/mol. The van der Waals surface area contributed by atoms with Gasteiger partial charge in [0, 0.05) is 5.92 Å². The van der Waals surface area contributed by atoms with E-state index in [4.69, 9.17) is 4.52 Å². The van der Waals surface area contributed by atoms with Crippen LogP contribution in [0.5, 0.6) is 0 Å². The van der Waals surface area contributed by atoms with E-state index < -0.39 is 0 Å². The highest BCUT2D eigenvalue weighted by Gasteiger charge is 2.39. The Morgan fingerprint density at radius 1 is 1.29 bits per heavy atom. The van der Waals surface area contributed by atoms with Crippen molar-refractivity contribution >= 4 is 0 Å². The van der Waals surface area contributed by atoms with E-state index in [0.29, 0.717) is 5.92 Å². The van der Waals surface area contributed by atoms with Crippen LogP contribution in [0.25, 0.3) is 0 Å². The van der Waals surface area contributed by atoms with Crippen molar-refractivity contribution in [3.05, 3.63) is 11.7 Å². The molecule has 1 aromatic heterocycles. The Labute approximate surface area is 83.1 Å². The highest BCUT2D eigenvalue weighted by atomic mass is 16.5. The molecule has 1 aromatic rings. The Balaban J connectivity index is 1.76. The number of nitrogens with one attached hydrogen (secondary N) is 1. The summed E-state index contributed by atoms with van der Waals surface area (Å²) < 4.78 is 5.23. The zero-order valence-corrected chi connectivity index (χ0v) is 8.36. The lowest BCUT2D eigenvalue weighted by Crippen LogP contribution is -2.11. The molecule has 1 aliphatic carbocycles. The zero-order valence-electron chi connectivity index (χ0n) is 8.36. The fraction of sp³-hybridized carbons (Fsp3) is 0.800. The lowest BCUT2D eigenvalue weighted by atomic mass is 10.0. The van der Waals surface area contributed by atoms with Gasteiger partial charge in [0.1, 0.15) is 0 Å². The summed E-state index contributed by atoms with van der Waals surface area (Å²) in [6.07, 6.45) is 2.44. The third-order valence-corrected chi connectivity index (χ3v) is 3.55. The van der Waals surface area contributed by atoms with Crippen molar-refractivity contribution in [3.8, 4) is 0 Å². The van der Waals surface area contributed by atoms with Crippen LogP contribution in [0.4, 0.5) is 0 Å². The molecule has 1 aliphatic heterocycles. The molecule has 0 amide bonds. The predicted molar refractivity (Wildman–Crippen MR) is 50.9 cm³/mol. The molecule has 0 radical (unpaired) electrons.